The van der Waals surface area contributed by atoms with Crippen LogP contribution in [0.3, 0.4) is 0 Å². The van der Waals surface area contributed by atoms with E-state index in [9.17, 15) is 9.59 Å². The Hall–Kier alpha value is -1.65. The molecule has 0 unspecified atom stereocenters. The van der Waals surface area contributed by atoms with E-state index in [1.807, 2.05) is 13.0 Å². The second kappa shape index (κ2) is 5.12. The van der Waals surface area contributed by atoms with Gasteiger partial charge in [0.25, 0.3) is 0 Å². The maximum Gasteiger partial charge on any atom is 0.319 e. The summed E-state index contributed by atoms with van der Waals surface area (Å²) in [5.41, 5.74) is -0.244. The number of aryl methyl sites for hydroxylation is 1. The molecule has 0 saturated carbocycles. The minimum absolute atomic E-state index is 0.0879. The second-order valence-corrected chi connectivity index (χ2v) is 4.40. The molecule has 0 aliphatic heterocycles. The maximum absolute atomic E-state index is 12.0. The zero-order valence-electron chi connectivity index (χ0n) is 10.7. The second-order valence-electron chi connectivity index (χ2n) is 4.40. The molecule has 1 heterocycles. The van der Waals surface area contributed by atoms with E-state index < -0.39 is 11.4 Å². The molecule has 1 aromatic rings. The van der Waals surface area contributed by atoms with Gasteiger partial charge in [-0.25, -0.2) is 0 Å². The summed E-state index contributed by atoms with van der Waals surface area (Å²) in [6.45, 7) is 7.09. The first-order valence-electron chi connectivity index (χ1n) is 5.58. The molecule has 5 heteroatoms. The van der Waals surface area contributed by atoms with Gasteiger partial charge in [-0.15, -0.1) is 0 Å². The lowest BCUT2D eigenvalue weighted by molar-refractivity contribution is -0.158. The molecule has 17 heavy (non-hydrogen) atoms. The van der Waals surface area contributed by atoms with Crippen LogP contribution in [0.1, 0.15) is 26.5 Å². The molecule has 0 aliphatic rings. The predicted octanol–water partition coefficient (Wildman–Crippen LogP) is 1.35. The van der Waals surface area contributed by atoms with E-state index in [0.717, 1.165) is 5.69 Å². The van der Waals surface area contributed by atoms with Gasteiger partial charge in [0.05, 0.1) is 6.61 Å². The van der Waals surface area contributed by atoms with Gasteiger partial charge in [-0.3, -0.25) is 14.3 Å². The van der Waals surface area contributed by atoms with Gasteiger partial charge in [0.2, 0.25) is 0 Å². The average molecular weight is 238 g/mol. The Morgan fingerprint density at radius 2 is 2.12 bits per heavy atom. The molecule has 94 valence electrons. The van der Waals surface area contributed by atoms with E-state index in [4.69, 9.17) is 4.74 Å². The first-order valence-corrected chi connectivity index (χ1v) is 5.58. The lowest BCUT2D eigenvalue weighted by atomic mass is 9.88. The van der Waals surface area contributed by atoms with Crippen molar-refractivity contribution in [3.63, 3.8) is 0 Å². The van der Waals surface area contributed by atoms with E-state index in [2.05, 4.69) is 5.10 Å². The minimum atomic E-state index is -1.13. The zero-order valence-corrected chi connectivity index (χ0v) is 10.7. The Labute approximate surface area is 101 Å². The number of rotatable bonds is 5. The van der Waals surface area contributed by atoms with E-state index in [-0.39, 0.29) is 18.9 Å². The van der Waals surface area contributed by atoms with E-state index in [0.29, 0.717) is 0 Å². The quantitative estimate of drug-likeness (QED) is 0.574. The smallest absolute Gasteiger partial charge is 0.319 e. The van der Waals surface area contributed by atoms with Crippen LogP contribution in [-0.4, -0.2) is 28.1 Å². The summed E-state index contributed by atoms with van der Waals surface area (Å²) in [5, 5.41) is 4.02. The van der Waals surface area contributed by atoms with Crippen LogP contribution in [-0.2, 0) is 20.9 Å². The summed E-state index contributed by atoms with van der Waals surface area (Å²) < 4.78 is 6.46. The Balaban J connectivity index is 2.76. The number of ketones is 1. The van der Waals surface area contributed by atoms with Gasteiger partial charge in [0.15, 0.2) is 5.78 Å². The standard InChI is InChI=1S/C12H18N2O3/c1-5-17-11(16)12(3,4)10(15)8-14-9(2)6-7-13-14/h6-7H,5,8H2,1-4H3. The van der Waals surface area contributed by atoms with E-state index in [1.54, 1.807) is 31.6 Å². The van der Waals surface area contributed by atoms with Gasteiger partial charge < -0.3 is 4.74 Å². The first kappa shape index (κ1) is 13.4. The highest BCUT2D eigenvalue weighted by molar-refractivity contribution is 6.02. The topological polar surface area (TPSA) is 61.2 Å². The maximum atomic E-state index is 12.0. The van der Waals surface area contributed by atoms with Crippen molar-refractivity contribution >= 4 is 11.8 Å². The minimum Gasteiger partial charge on any atom is -0.465 e. The van der Waals surface area contributed by atoms with Crippen LogP contribution >= 0.6 is 0 Å². The summed E-state index contributed by atoms with van der Waals surface area (Å²) in [6.07, 6.45) is 1.62. The lowest BCUT2D eigenvalue weighted by Gasteiger charge is -2.20. The number of hydrogen-bond donors (Lipinski definition) is 0. The van der Waals surface area contributed by atoms with Gasteiger partial charge >= 0.3 is 5.97 Å². The third kappa shape index (κ3) is 2.93. The van der Waals surface area contributed by atoms with E-state index >= 15 is 0 Å². The molecule has 0 amide bonds. The zero-order chi connectivity index (χ0) is 13.1. The molecule has 1 aromatic heterocycles. The summed E-state index contributed by atoms with van der Waals surface area (Å²) in [6, 6.07) is 1.81. The van der Waals surface area contributed by atoms with Crippen LogP contribution in [0.4, 0.5) is 0 Å². The lowest BCUT2D eigenvalue weighted by Crippen LogP contribution is -2.37. The van der Waals surface area contributed by atoms with Gasteiger partial charge in [-0.1, -0.05) is 0 Å². The summed E-state index contributed by atoms with van der Waals surface area (Å²) in [7, 11) is 0. The molecule has 1 rings (SSSR count). The molecule has 0 saturated heterocycles. The van der Waals surface area contributed by atoms with Crippen LogP contribution < -0.4 is 0 Å². The molecule has 0 atom stereocenters. The van der Waals surface area contributed by atoms with Crippen molar-refractivity contribution in [2.45, 2.75) is 34.2 Å². The predicted molar refractivity (Wildman–Crippen MR) is 62.4 cm³/mol. The van der Waals surface area contributed by atoms with E-state index in [1.165, 1.54) is 0 Å². The normalized spacial score (nSPS) is 11.3. The Bertz CT molecular complexity index is 421. The summed E-state index contributed by atoms with van der Waals surface area (Å²) >= 11 is 0. The molecule has 0 N–H and O–H groups in total. The van der Waals surface area contributed by atoms with Crippen LogP contribution in [0.15, 0.2) is 12.3 Å². The molecule has 0 aromatic carbocycles. The third-order valence-electron chi connectivity index (χ3n) is 2.71. The monoisotopic (exact) mass is 238 g/mol. The summed E-state index contributed by atoms with van der Waals surface area (Å²) in [5.74, 6) is -0.697. The molecule has 0 radical (unpaired) electrons. The number of carbonyl (C=O) groups excluding carboxylic acids is 2. The number of Topliss-reactive ketones (excluding diaryl/α,β-unsaturated/α-hetero) is 1. The van der Waals surface area contributed by atoms with Gasteiger partial charge in [-0.05, 0) is 33.8 Å². The molecular weight excluding hydrogens is 220 g/mol. The highest BCUT2D eigenvalue weighted by Crippen LogP contribution is 2.20. The number of hydrogen-bond acceptors (Lipinski definition) is 4. The highest BCUT2D eigenvalue weighted by atomic mass is 16.5. The fourth-order valence-corrected chi connectivity index (χ4v) is 1.32. The number of carbonyl (C=O) groups is 2. The number of ether oxygens (including phenoxy) is 1. The number of nitrogens with zero attached hydrogens (tertiary/aromatic N) is 2. The average Bonchev–Trinajstić information content (AvgIpc) is 2.64. The molecule has 0 bridgehead atoms. The van der Waals surface area contributed by atoms with Gasteiger partial charge in [-0.2, -0.15) is 5.10 Å². The third-order valence-corrected chi connectivity index (χ3v) is 2.71. The van der Waals surface area contributed by atoms with Gasteiger partial charge in [0, 0.05) is 11.9 Å². The van der Waals surface area contributed by atoms with Crippen molar-refractivity contribution in [2.24, 2.45) is 5.41 Å². The van der Waals surface area contributed by atoms with Crippen molar-refractivity contribution in [3.05, 3.63) is 18.0 Å². The number of aromatic nitrogens is 2. The molecular formula is C12H18N2O3. The van der Waals surface area contributed by atoms with Crippen LogP contribution in [0.25, 0.3) is 0 Å². The fourth-order valence-electron chi connectivity index (χ4n) is 1.32. The molecule has 0 aliphatic carbocycles. The van der Waals surface area contributed by atoms with Crippen molar-refractivity contribution in [2.75, 3.05) is 6.61 Å². The number of esters is 1. The molecule has 0 fully saturated rings. The van der Waals surface area contributed by atoms with Crippen molar-refractivity contribution in [3.8, 4) is 0 Å². The van der Waals surface area contributed by atoms with Crippen LogP contribution in [0.5, 0.6) is 0 Å². The first-order chi connectivity index (χ1) is 7.89. The fraction of sp³-hybridized carbons (Fsp3) is 0.583. The SMILES string of the molecule is CCOC(=O)C(C)(C)C(=O)Cn1nccc1C. The molecule has 5 nitrogen and oxygen atoms in total. The Morgan fingerprint density at radius 1 is 1.47 bits per heavy atom. The highest BCUT2D eigenvalue weighted by Gasteiger charge is 2.37. The van der Waals surface area contributed by atoms with Crippen molar-refractivity contribution < 1.29 is 14.3 Å². The molecule has 0 spiro atoms. The van der Waals surface area contributed by atoms with Crippen molar-refractivity contribution in [1.82, 2.24) is 9.78 Å². The van der Waals surface area contributed by atoms with Crippen LogP contribution in [0, 0.1) is 12.3 Å². The largest absolute Gasteiger partial charge is 0.465 e. The summed E-state index contributed by atoms with van der Waals surface area (Å²) in [4.78, 5) is 23.7. The Morgan fingerprint density at radius 3 is 2.59 bits per heavy atom. The van der Waals surface area contributed by atoms with Gasteiger partial charge in [0.1, 0.15) is 12.0 Å². The Kier molecular flexibility index (Phi) is 4.04. The van der Waals surface area contributed by atoms with Crippen molar-refractivity contribution in [1.29, 1.82) is 0 Å². The van der Waals surface area contributed by atoms with Crippen LogP contribution in [0.2, 0.25) is 0 Å².